The molecule has 24 heavy (non-hydrogen) atoms. The fourth-order valence-electron chi connectivity index (χ4n) is 3.17. The van der Waals surface area contributed by atoms with Crippen molar-refractivity contribution in [2.75, 3.05) is 14.2 Å². The van der Waals surface area contributed by atoms with Gasteiger partial charge in [0.25, 0.3) is 0 Å². The Labute approximate surface area is 140 Å². The Hall–Kier alpha value is -3.01. The standard InChI is InChI=1S/C20H18N2O2/c1-12-10-15-14-6-4-5-7-16(14)22-20(15)19(21-12)13-8-9-17(23-2)18(11-13)24-3/h4-11,22H,1-3H3. The van der Waals surface area contributed by atoms with Gasteiger partial charge in [0.15, 0.2) is 11.5 Å². The lowest BCUT2D eigenvalue weighted by Gasteiger charge is -2.10. The van der Waals surface area contributed by atoms with Crippen molar-refractivity contribution in [2.24, 2.45) is 0 Å². The smallest absolute Gasteiger partial charge is 0.161 e. The van der Waals surface area contributed by atoms with Crippen molar-refractivity contribution in [3.05, 3.63) is 54.2 Å². The van der Waals surface area contributed by atoms with Crippen molar-refractivity contribution < 1.29 is 9.47 Å². The quantitative estimate of drug-likeness (QED) is 0.595. The first-order valence-electron chi connectivity index (χ1n) is 7.81. The zero-order valence-electron chi connectivity index (χ0n) is 13.9. The minimum absolute atomic E-state index is 0.697. The Bertz CT molecular complexity index is 1050. The van der Waals surface area contributed by atoms with E-state index in [1.165, 1.54) is 10.8 Å². The van der Waals surface area contributed by atoms with Crippen LogP contribution in [0.4, 0.5) is 0 Å². The van der Waals surface area contributed by atoms with Gasteiger partial charge >= 0.3 is 0 Å². The van der Waals surface area contributed by atoms with Gasteiger partial charge in [0.1, 0.15) is 0 Å². The molecule has 0 bridgehead atoms. The Morgan fingerprint density at radius 3 is 2.46 bits per heavy atom. The molecule has 4 nitrogen and oxygen atoms in total. The molecule has 2 aromatic heterocycles. The lowest BCUT2D eigenvalue weighted by molar-refractivity contribution is 0.355. The van der Waals surface area contributed by atoms with E-state index in [9.17, 15) is 0 Å². The fourth-order valence-corrected chi connectivity index (χ4v) is 3.17. The number of methoxy groups -OCH3 is 2. The number of para-hydroxylation sites is 1. The molecule has 0 saturated carbocycles. The van der Waals surface area contributed by atoms with E-state index < -0.39 is 0 Å². The predicted octanol–water partition coefficient (Wildman–Crippen LogP) is 4.71. The van der Waals surface area contributed by atoms with Gasteiger partial charge in [-0.3, -0.25) is 4.98 Å². The first-order valence-corrected chi connectivity index (χ1v) is 7.81. The molecule has 0 amide bonds. The molecular formula is C20H18N2O2. The Kier molecular flexibility index (Phi) is 3.38. The van der Waals surface area contributed by atoms with Crippen LogP contribution in [0.15, 0.2) is 48.5 Å². The second-order valence-electron chi connectivity index (χ2n) is 5.78. The number of pyridine rings is 1. The number of hydrogen-bond donors (Lipinski definition) is 1. The number of H-pyrrole nitrogens is 1. The molecule has 0 fully saturated rings. The van der Waals surface area contributed by atoms with Crippen LogP contribution in [0.1, 0.15) is 5.69 Å². The van der Waals surface area contributed by atoms with Gasteiger partial charge in [-0.1, -0.05) is 18.2 Å². The lowest BCUT2D eigenvalue weighted by atomic mass is 10.1. The first kappa shape index (κ1) is 14.6. The Balaban J connectivity index is 2.03. The normalized spacial score (nSPS) is 11.1. The van der Waals surface area contributed by atoms with Gasteiger partial charge in [-0.2, -0.15) is 0 Å². The molecule has 0 spiro atoms. The van der Waals surface area contributed by atoms with E-state index in [2.05, 4.69) is 29.2 Å². The fraction of sp³-hybridized carbons (Fsp3) is 0.150. The van der Waals surface area contributed by atoms with E-state index in [1.807, 2.05) is 31.2 Å². The third-order valence-corrected chi connectivity index (χ3v) is 4.28. The van der Waals surface area contributed by atoms with Crippen LogP contribution < -0.4 is 9.47 Å². The van der Waals surface area contributed by atoms with Crippen LogP contribution in [0.3, 0.4) is 0 Å². The maximum Gasteiger partial charge on any atom is 0.161 e. The molecule has 0 aliphatic carbocycles. The monoisotopic (exact) mass is 318 g/mol. The number of fused-ring (bicyclic) bond motifs is 3. The third-order valence-electron chi connectivity index (χ3n) is 4.28. The van der Waals surface area contributed by atoms with E-state index in [-0.39, 0.29) is 0 Å². The summed E-state index contributed by atoms with van der Waals surface area (Å²) in [5, 5.41) is 2.39. The minimum Gasteiger partial charge on any atom is -0.493 e. The predicted molar refractivity (Wildman–Crippen MR) is 96.9 cm³/mol. The summed E-state index contributed by atoms with van der Waals surface area (Å²) in [4.78, 5) is 8.27. The van der Waals surface area contributed by atoms with Gasteiger partial charge in [0.05, 0.1) is 25.4 Å². The van der Waals surface area contributed by atoms with Crippen LogP contribution in [0.25, 0.3) is 33.1 Å². The van der Waals surface area contributed by atoms with Gasteiger partial charge in [0.2, 0.25) is 0 Å². The second-order valence-corrected chi connectivity index (χ2v) is 5.78. The molecular weight excluding hydrogens is 300 g/mol. The SMILES string of the molecule is COc1ccc(-c2nc(C)cc3c2[nH]c2ccccc23)cc1OC. The highest BCUT2D eigenvalue weighted by molar-refractivity contribution is 6.11. The van der Waals surface area contributed by atoms with Crippen molar-refractivity contribution in [2.45, 2.75) is 6.92 Å². The lowest BCUT2D eigenvalue weighted by Crippen LogP contribution is -1.93. The van der Waals surface area contributed by atoms with Crippen LogP contribution in [0.2, 0.25) is 0 Å². The van der Waals surface area contributed by atoms with E-state index in [4.69, 9.17) is 14.5 Å². The van der Waals surface area contributed by atoms with Gasteiger partial charge in [-0.05, 0) is 37.3 Å². The molecule has 0 unspecified atom stereocenters. The topological polar surface area (TPSA) is 47.1 Å². The summed E-state index contributed by atoms with van der Waals surface area (Å²) in [6, 6.07) is 16.3. The molecule has 1 N–H and O–H groups in total. The van der Waals surface area contributed by atoms with Crippen molar-refractivity contribution >= 4 is 21.8 Å². The van der Waals surface area contributed by atoms with Crippen molar-refractivity contribution in [1.82, 2.24) is 9.97 Å². The van der Waals surface area contributed by atoms with E-state index >= 15 is 0 Å². The number of nitrogens with zero attached hydrogens (tertiary/aromatic N) is 1. The third kappa shape index (κ3) is 2.19. The van der Waals surface area contributed by atoms with E-state index in [0.717, 1.165) is 28.0 Å². The van der Waals surface area contributed by atoms with Crippen LogP contribution >= 0.6 is 0 Å². The molecule has 0 aliphatic heterocycles. The average molecular weight is 318 g/mol. The second kappa shape index (κ2) is 5.57. The van der Waals surface area contributed by atoms with Gasteiger partial charge in [-0.25, -0.2) is 0 Å². The number of ether oxygens (including phenoxy) is 2. The molecule has 4 heteroatoms. The van der Waals surface area contributed by atoms with Crippen LogP contribution in [0.5, 0.6) is 11.5 Å². The number of aromatic amines is 1. The van der Waals surface area contributed by atoms with Gasteiger partial charge in [-0.15, -0.1) is 0 Å². The van der Waals surface area contributed by atoms with Crippen molar-refractivity contribution in [3.63, 3.8) is 0 Å². The summed E-state index contributed by atoms with van der Waals surface area (Å²) in [5.74, 6) is 1.41. The number of benzene rings is 2. The van der Waals surface area contributed by atoms with Gasteiger partial charge < -0.3 is 14.5 Å². The number of aromatic nitrogens is 2. The van der Waals surface area contributed by atoms with Crippen molar-refractivity contribution in [1.29, 1.82) is 0 Å². The molecule has 2 aromatic carbocycles. The Morgan fingerprint density at radius 2 is 1.67 bits per heavy atom. The van der Waals surface area contributed by atoms with E-state index in [1.54, 1.807) is 14.2 Å². The molecule has 0 aliphatic rings. The number of nitrogens with one attached hydrogen (secondary N) is 1. The number of aryl methyl sites for hydroxylation is 1. The molecule has 4 rings (SSSR count). The molecule has 0 saturated heterocycles. The van der Waals surface area contributed by atoms with Crippen LogP contribution in [-0.2, 0) is 0 Å². The maximum absolute atomic E-state index is 5.44. The highest BCUT2D eigenvalue weighted by atomic mass is 16.5. The maximum atomic E-state index is 5.44. The molecule has 0 radical (unpaired) electrons. The average Bonchev–Trinajstić information content (AvgIpc) is 2.99. The highest BCUT2D eigenvalue weighted by Crippen LogP contribution is 2.36. The first-order chi connectivity index (χ1) is 11.7. The summed E-state index contributed by atoms with van der Waals surface area (Å²) >= 11 is 0. The largest absolute Gasteiger partial charge is 0.493 e. The summed E-state index contributed by atoms with van der Waals surface area (Å²) in [6.07, 6.45) is 0. The van der Waals surface area contributed by atoms with Crippen molar-refractivity contribution in [3.8, 4) is 22.8 Å². The summed E-state index contributed by atoms with van der Waals surface area (Å²) in [7, 11) is 3.28. The zero-order valence-corrected chi connectivity index (χ0v) is 13.9. The van der Waals surface area contributed by atoms with Crippen LogP contribution in [-0.4, -0.2) is 24.2 Å². The molecule has 120 valence electrons. The summed E-state index contributed by atoms with van der Waals surface area (Å²) in [5.41, 5.74) is 5.04. The van der Waals surface area contributed by atoms with Crippen LogP contribution in [0, 0.1) is 6.92 Å². The van der Waals surface area contributed by atoms with E-state index in [0.29, 0.717) is 11.5 Å². The summed E-state index contributed by atoms with van der Waals surface area (Å²) < 4.78 is 10.8. The summed E-state index contributed by atoms with van der Waals surface area (Å²) in [6.45, 7) is 2.02. The number of hydrogen-bond acceptors (Lipinski definition) is 3. The zero-order chi connectivity index (χ0) is 16.7. The minimum atomic E-state index is 0.697. The molecule has 4 aromatic rings. The molecule has 2 heterocycles. The number of rotatable bonds is 3. The Morgan fingerprint density at radius 1 is 0.875 bits per heavy atom. The highest BCUT2D eigenvalue weighted by Gasteiger charge is 2.14. The van der Waals surface area contributed by atoms with Gasteiger partial charge in [0, 0.05) is 27.5 Å². The molecule has 0 atom stereocenters.